The number of carbonyl (C=O) groups is 1. The molecule has 4 rings (SSSR count). The van der Waals surface area contributed by atoms with Crippen LogP contribution in [0.15, 0.2) is 30.3 Å². The summed E-state index contributed by atoms with van der Waals surface area (Å²) in [6, 6.07) is 9.04. The summed E-state index contributed by atoms with van der Waals surface area (Å²) in [4.78, 5) is 17.1. The number of rotatable bonds is 3. The van der Waals surface area contributed by atoms with Crippen LogP contribution >= 0.6 is 0 Å². The molecule has 3 aromatic heterocycles. The predicted molar refractivity (Wildman–Crippen MR) is 101 cm³/mol. The molecular weight excluding hydrogens is 344 g/mol. The fraction of sp³-hybridized carbons (Fsp3) is 0.211. The van der Waals surface area contributed by atoms with Crippen molar-refractivity contribution in [1.82, 2.24) is 24.8 Å². The van der Waals surface area contributed by atoms with Gasteiger partial charge in [0, 0.05) is 11.4 Å². The molecule has 8 nitrogen and oxygen atoms in total. The van der Waals surface area contributed by atoms with Gasteiger partial charge in [-0.2, -0.15) is 0 Å². The van der Waals surface area contributed by atoms with Crippen molar-refractivity contribution in [2.24, 2.45) is 0 Å². The first-order valence-corrected chi connectivity index (χ1v) is 8.43. The summed E-state index contributed by atoms with van der Waals surface area (Å²) < 4.78 is 6.75. The Hall–Kier alpha value is -3.55. The monoisotopic (exact) mass is 362 g/mol. The lowest BCUT2D eigenvalue weighted by Gasteiger charge is -2.08. The minimum absolute atomic E-state index is 0.209. The number of fused-ring (bicyclic) bond motifs is 3. The molecule has 4 aromatic rings. The second-order valence-corrected chi connectivity index (χ2v) is 6.33. The summed E-state index contributed by atoms with van der Waals surface area (Å²) in [5, 5.41) is 16.6. The van der Waals surface area contributed by atoms with Crippen LogP contribution in [-0.2, 0) is 0 Å². The van der Waals surface area contributed by atoms with Gasteiger partial charge >= 0.3 is 0 Å². The lowest BCUT2D eigenvalue weighted by molar-refractivity contribution is 0.102. The van der Waals surface area contributed by atoms with Crippen molar-refractivity contribution in [3.63, 3.8) is 0 Å². The van der Waals surface area contributed by atoms with Gasteiger partial charge in [0.2, 0.25) is 0 Å². The summed E-state index contributed by atoms with van der Waals surface area (Å²) in [5.74, 6) is 0.360. The van der Waals surface area contributed by atoms with E-state index in [1.165, 1.54) is 0 Å². The largest absolute Gasteiger partial charge is 0.497 e. The third kappa shape index (κ3) is 2.84. The highest BCUT2D eigenvalue weighted by Crippen LogP contribution is 2.23. The zero-order valence-corrected chi connectivity index (χ0v) is 15.4. The van der Waals surface area contributed by atoms with Gasteiger partial charge in [-0.3, -0.25) is 4.79 Å². The molecule has 0 atom stereocenters. The molecular formula is C19H18N6O2. The molecule has 27 heavy (non-hydrogen) atoms. The second kappa shape index (κ2) is 6.31. The van der Waals surface area contributed by atoms with Gasteiger partial charge < -0.3 is 10.1 Å². The van der Waals surface area contributed by atoms with Gasteiger partial charge in [-0.05, 0) is 56.7 Å². The zero-order valence-electron chi connectivity index (χ0n) is 15.4. The molecule has 0 unspecified atom stereocenters. The minimum atomic E-state index is -0.354. The van der Waals surface area contributed by atoms with E-state index < -0.39 is 0 Å². The Labute approximate surface area is 155 Å². The normalized spacial score (nSPS) is 11.1. The van der Waals surface area contributed by atoms with Crippen molar-refractivity contribution in [2.75, 3.05) is 12.4 Å². The number of pyridine rings is 1. The van der Waals surface area contributed by atoms with E-state index in [0.29, 0.717) is 28.4 Å². The standard InChI is InChI=1S/C19H18N6O2/c1-10-9-11(2)20-17-15(10)18-23-22-16(12(3)25(18)24-17)19(26)21-13-5-7-14(27-4)8-6-13/h5-9H,1-4H3,(H,21,26). The van der Waals surface area contributed by atoms with Gasteiger partial charge in [0.1, 0.15) is 5.75 Å². The van der Waals surface area contributed by atoms with E-state index in [4.69, 9.17) is 4.74 Å². The van der Waals surface area contributed by atoms with Crippen LogP contribution in [0.5, 0.6) is 5.75 Å². The number of hydrogen-bond acceptors (Lipinski definition) is 6. The van der Waals surface area contributed by atoms with Crippen molar-refractivity contribution in [3.8, 4) is 5.75 Å². The number of amides is 1. The van der Waals surface area contributed by atoms with Gasteiger partial charge in [0.15, 0.2) is 17.0 Å². The third-order valence-electron chi connectivity index (χ3n) is 4.41. The highest BCUT2D eigenvalue weighted by molar-refractivity contribution is 6.04. The number of benzene rings is 1. The van der Waals surface area contributed by atoms with Gasteiger partial charge in [0.25, 0.3) is 5.91 Å². The lowest BCUT2D eigenvalue weighted by Crippen LogP contribution is -2.18. The van der Waals surface area contributed by atoms with Gasteiger partial charge in [0.05, 0.1) is 18.2 Å². The summed E-state index contributed by atoms with van der Waals surface area (Å²) in [5.41, 5.74) is 4.54. The Morgan fingerprint density at radius 2 is 1.85 bits per heavy atom. The number of nitrogens with zero attached hydrogens (tertiary/aromatic N) is 5. The maximum atomic E-state index is 12.7. The average Bonchev–Trinajstić information content (AvgIpc) is 3.02. The quantitative estimate of drug-likeness (QED) is 0.602. The Bertz CT molecular complexity index is 1180. The lowest BCUT2D eigenvalue weighted by atomic mass is 10.2. The van der Waals surface area contributed by atoms with Gasteiger partial charge in [-0.1, -0.05) is 0 Å². The Kier molecular flexibility index (Phi) is 3.95. The molecule has 0 saturated carbocycles. The molecule has 0 spiro atoms. The number of ether oxygens (including phenoxy) is 1. The van der Waals surface area contributed by atoms with Crippen LogP contribution in [0.1, 0.15) is 27.4 Å². The van der Waals surface area contributed by atoms with E-state index in [-0.39, 0.29) is 11.6 Å². The van der Waals surface area contributed by atoms with Crippen molar-refractivity contribution in [1.29, 1.82) is 0 Å². The second-order valence-electron chi connectivity index (χ2n) is 6.33. The first-order valence-electron chi connectivity index (χ1n) is 8.43. The first-order chi connectivity index (χ1) is 13.0. The molecule has 1 aromatic carbocycles. The molecule has 0 radical (unpaired) electrons. The molecule has 0 aliphatic carbocycles. The van der Waals surface area contributed by atoms with Crippen LogP contribution in [-0.4, -0.2) is 37.8 Å². The fourth-order valence-electron chi connectivity index (χ4n) is 3.08. The van der Waals surface area contributed by atoms with Crippen LogP contribution in [0.2, 0.25) is 0 Å². The van der Waals surface area contributed by atoms with Crippen LogP contribution in [0, 0.1) is 20.8 Å². The van der Waals surface area contributed by atoms with Crippen LogP contribution in [0.25, 0.3) is 16.7 Å². The Morgan fingerprint density at radius 1 is 1.11 bits per heavy atom. The maximum Gasteiger partial charge on any atom is 0.278 e. The Morgan fingerprint density at radius 3 is 2.56 bits per heavy atom. The number of anilines is 1. The summed E-state index contributed by atoms with van der Waals surface area (Å²) >= 11 is 0. The van der Waals surface area contributed by atoms with E-state index in [0.717, 1.165) is 16.6 Å². The van der Waals surface area contributed by atoms with Crippen LogP contribution in [0.3, 0.4) is 0 Å². The number of carbonyl (C=O) groups excluding carboxylic acids is 1. The van der Waals surface area contributed by atoms with Crippen molar-refractivity contribution < 1.29 is 9.53 Å². The zero-order chi connectivity index (χ0) is 19.1. The summed E-state index contributed by atoms with van der Waals surface area (Å²) in [6.07, 6.45) is 0. The summed E-state index contributed by atoms with van der Waals surface area (Å²) in [6.45, 7) is 5.70. The number of hydrogen-bond donors (Lipinski definition) is 1. The van der Waals surface area contributed by atoms with Crippen molar-refractivity contribution in [2.45, 2.75) is 20.8 Å². The molecule has 0 saturated heterocycles. The SMILES string of the molecule is COc1ccc(NC(=O)c2nnc3c4c(C)cc(C)nc4nn3c2C)cc1. The van der Waals surface area contributed by atoms with Gasteiger partial charge in [-0.25, -0.2) is 9.50 Å². The molecule has 1 amide bonds. The third-order valence-corrected chi connectivity index (χ3v) is 4.41. The van der Waals surface area contributed by atoms with Crippen LogP contribution in [0.4, 0.5) is 5.69 Å². The minimum Gasteiger partial charge on any atom is -0.497 e. The topological polar surface area (TPSA) is 94.3 Å². The first kappa shape index (κ1) is 16.9. The number of nitrogens with one attached hydrogen (secondary N) is 1. The molecule has 1 N–H and O–H groups in total. The molecule has 0 aliphatic rings. The van der Waals surface area contributed by atoms with E-state index in [1.54, 1.807) is 42.8 Å². The van der Waals surface area contributed by atoms with E-state index in [1.807, 2.05) is 19.9 Å². The van der Waals surface area contributed by atoms with Crippen LogP contribution < -0.4 is 10.1 Å². The van der Waals surface area contributed by atoms with E-state index in [9.17, 15) is 4.79 Å². The molecule has 3 heterocycles. The maximum absolute atomic E-state index is 12.7. The number of methoxy groups -OCH3 is 1. The van der Waals surface area contributed by atoms with E-state index >= 15 is 0 Å². The Balaban J connectivity index is 1.75. The number of aromatic nitrogens is 5. The predicted octanol–water partition coefficient (Wildman–Crippen LogP) is 2.86. The summed E-state index contributed by atoms with van der Waals surface area (Å²) in [7, 11) is 1.59. The number of aryl methyl sites for hydroxylation is 3. The van der Waals surface area contributed by atoms with Gasteiger partial charge in [-0.15, -0.1) is 15.3 Å². The fourth-order valence-corrected chi connectivity index (χ4v) is 3.08. The molecule has 0 bridgehead atoms. The van der Waals surface area contributed by atoms with Crippen molar-refractivity contribution >= 4 is 28.3 Å². The van der Waals surface area contributed by atoms with Crippen molar-refractivity contribution in [3.05, 3.63) is 53.0 Å². The van der Waals surface area contributed by atoms with E-state index in [2.05, 4.69) is 25.6 Å². The highest BCUT2D eigenvalue weighted by Gasteiger charge is 2.19. The highest BCUT2D eigenvalue weighted by atomic mass is 16.5. The molecule has 8 heteroatoms. The molecule has 0 aliphatic heterocycles. The smallest absolute Gasteiger partial charge is 0.278 e. The molecule has 136 valence electrons. The molecule has 0 fully saturated rings. The average molecular weight is 362 g/mol.